The van der Waals surface area contributed by atoms with Gasteiger partial charge in [-0.1, -0.05) is 39.0 Å². The summed E-state index contributed by atoms with van der Waals surface area (Å²) >= 11 is 0. The molecule has 0 radical (unpaired) electrons. The Labute approximate surface area is 109 Å². The SMILES string of the molecule is CCCCCCCCn1ccc(=N)cc1.[Br-]. The molecule has 1 aromatic heterocycles. The summed E-state index contributed by atoms with van der Waals surface area (Å²) in [6, 6.07) is 3.69. The highest BCUT2D eigenvalue weighted by Gasteiger charge is 1.91. The van der Waals surface area contributed by atoms with Gasteiger partial charge in [0.1, 0.15) is 0 Å². The van der Waals surface area contributed by atoms with Crippen LogP contribution >= 0.6 is 0 Å². The molecule has 92 valence electrons. The van der Waals surface area contributed by atoms with Gasteiger partial charge in [0.15, 0.2) is 0 Å². The molecule has 16 heavy (non-hydrogen) atoms. The molecule has 1 heterocycles. The number of pyridine rings is 1. The van der Waals surface area contributed by atoms with E-state index in [2.05, 4.69) is 11.5 Å². The van der Waals surface area contributed by atoms with Crippen molar-refractivity contribution >= 4 is 0 Å². The van der Waals surface area contributed by atoms with Gasteiger partial charge in [0, 0.05) is 18.9 Å². The summed E-state index contributed by atoms with van der Waals surface area (Å²) in [5.74, 6) is 0. The van der Waals surface area contributed by atoms with E-state index in [-0.39, 0.29) is 17.0 Å². The van der Waals surface area contributed by atoms with Gasteiger partial charge >= 0.3 is 0 Å². The Morgan fingerprint density at radius 1 is 1.00 bits per heavy atom. The van der Waals surface area contributed by atoms with E-state index < -0.39 is 0 Å². The summed E-state index contributed by atoms with van der Waals surface area (Å²) in [6.07, 6.45) is 12.0. The maximum absolute atomic E-state index is 7.37. The minimum absolute atomic E-state index is 0. The van der Waals surface area contributed by atoms with E-state index in [1.54, 1.807) is 0 Å². The monoisotopic (exact) mass is 285 g/mol. The molecule has 0 aliphatic heterocycles. The van der Waals surface area contributed by atoms with E-state index in [1.165, 1.54) is 38.5 Å². The average Bonchev–Trinajstić information content (AvgIpc) is 2.26. The number of nitrogens with one attached hydrogen (secondary N) is 1. The molecule has 0 saturated carbocycles. The summed E-state index contributed by atoms with van der Waals surface area (Å²) in [7, 11) is 0. The first-order chi connectivity index (χ1) is 7.33. The zero-order chi connectivity index (χ0) is 10.9. The first-order valence-electron chi connectivity index (χ1n) is 6.03. The third-order valence-corrected chi connectivity index (χ3v) is 2.66. The second-order valence-corrected chi connectivity index (χ2v) is 4.09. The minimum Gasteiger partial charge on any atom is -1.00 e. The first-order valence-corrected chi connectivity index (χ1v) is 6.03. The van der Waals surface area contributed by atoms with Crippen LogP contribution in [-0.4, -0.2) is 4.57 Å². The molecule has 2 nitrogen and oxygen atoms in total. The van der Waals surface area contributed by atoms with E-state index in [0.717, 1.165) is 6.54 Å². The van der Waals surface area contributed by atoms with Crippen LogP contribution in [0.3, 0.4) is 0 Å². The van der Waals surface area contributed by atoms with Gasteiger partial charge in [-0.15, -0.1) is 0 Å². The Bertz CT molecular complexity index is 299. The molecule has 0 amide bonds. The molecule has 0 aliphatic rings. The van der Waals surface area contributed by atoms with Crippen LogP contribution in [0.1, 0.15) is 45.4 Å². The lowest BCUT2D eigenvalue weighted by Crippen LogP contribution is -3.00. The van der Waals surface area contributed by atoms with Crippen LogP contribution in [0.4, 0.5) is 0 Å². The molecule has 0 spiro atoms. The molecule has 0 atom stereocenters. The smallest absolute Gasteiger partial charge is 0.0568 e. The van der Waals surface area contributed by atoms with E-state index >= 15 is 0 Å². The highest BCUT2D eigenvalue weighted by atomic mass is 79.9. The van der Waals surface area contributed by atoms with Gasteiger partial charge in [-0.25, -0.2) is 0 Å². The molecule has 0 unspecified atom stereocenters. The van der Waals surface area contributed by atoms with Crippen molar-refractivity contribution in [1.82, 2.24) is 4.57 Å². The molecule has 0 fully saturated rings. The molecule has 0 aromatic carbocycles. The molecule has 1 N–H and O–H groups in total. The van der Waals surface area contributed by atoms with Gasteiger partial charge in [0.25, 0.3) is 0 Å². The number of nitrogens with zero attached hydrogens (tertiary/aromatic N) is 1. The zero-order valence-electron chi connectivity index (χ0n) is 10.1. The lowest BCUT2D eigenvalue weighted by molar-refractivity contribution is -0.00000352. The van der Waals surface area contributed by atoms with Crippen LogP contribution in [0.2, 0.25) is 0 Å². The lowest BCUT2D eigenvalue weighted by Gasteiger charge is -2.05. The van der Waals surface area contributed by atoms with Crippen LogP contribution in [0.15, 0.2) is 24.5 Å². The maximum atomic E-state index is 7.37. The Kier molecular flexibility index (Phi) is 9.30. The van der Waals surface area contributed by atoms with E-state index in [0.29, 0.717) is 5.36 Å². The molecule has 1 aromatic rings. The fraction of sp³-hybridized carbons (Fsp3) is 0.615. The number of hydrogen-bond acceptors (Lipinski definition) is 1. The zero-order valence-corrected chi connectivity index (χ0v) is 11.7. The topological polar surface area (TPSA) is 28.8 Å². The van der Waals surface area contributed by atoms with Gasteiger partial charge in [-0.3, -0.25) is 0 Å². The second-order valence-electron chi connectivity index (χ2n) is 4.09. The Morgan fingerprint density at radius 2 is 1.56 bits per heavy atom. The van der Waals surface area contributed by atoms with Gasteiger partial charge in [-0.05, 0) is 18.6 Å². The third-order valence-electron chi connectivity index (χ3n) is 2.66. The van der Waals surface area contributed by atoms with Crippen LogP contribution < -0.4 is 22.3 Å². The number of hydrogen-bond donors (Lipinski definition) is 1. The lowest BCUT2D eigenvalue weighted by atomic mass is 10.1. The van der Waals surface area contributed by atoms with Crippen molar-refractivity contribution in [3.8, 4) is 0 Å². The molecule has 0 bridgehead atoms. The molecule has 1 rings (SSSR count). The summed E-state index contributed by atoms with van der Waals surface area (Å²) in [6.45, 7) is 3.34. The fourth-order valence-electron chi connectivity index (χ4n) is 1.68. The largest absolute Gasteiger partial charge is 1.00 e. The fourth-order valence-corrected chi connectivity index (χ4v) is 1.68. The first kappa shape index (κ1) is 15.4. The molecule has 0 saturated heterocycles. The summed E-state index contributed by atoms with van der Waals surface area (Å²) < 4.78 is 2.16. The van der Waals surface area contributed by atoms with E-state index in [1.807, 2.05) is 24.5 Å². The quantitative estimate of drug-likeness (QED) is 0.700. The van der Waals surface area contributed by atoms with Gasteiger partial charge in [0.05, 0.1) is 5.36 Å². The predicted octanol–water partition coefficient (Wildman–Crippen LogP) is 0.332. The van der Waals surface area contributed by atoms with Crippen LogP contribution in [0, 0.1) is 5.41 Å². The highest BCUT2D eigenvalue weighted by molar-refractivity contribution is 4.90. The Balaban J connectivity index is 0.00000225. The van der Waals surface area contributed by atoms with E-state index in [4.69, 9.17) is 5.41 Å². The van der Waals surface area contributed by atoms with E-state index in [9.17, 15) is 0 Å². The van der Waals surface area contributed by atoms with Crippen LogP contribution in [0.5, 0.6) is 0 Å². The Hall–Kier alpha value is -0.570. The summed E-state index contributed by atoms with van der Waals surface area (Å²) in [5.41, 5.74) is 0. The second kappa shape index (κ2) is 9.64. The number of aromatic nitrogens is 1. The van der Waals surface area contributed by atoms with Crippen molar-refractivity contribution < 1.29 is 17.0 Å². The van der Waals surface area contributed by atoms with Crippen molar-refractivity contribution in [1.29, 1.82) is 5.41 Å². The number of unbranched alkanes of at least 4 members (excludes halogenated alkanes) is 5. The normalized spacial score (nSPS) is 9.81. The molecular formula is C13H22BrN2-. The number of halogens is 1. The van der Waals surface area contributed by atoms with Crippen molar-refractivity contribution in [2.24, 2.45) is 0 Å². The molecule has 3 heteroatoms. The average molecular weight is 286 g/mol. The number of rotatable bonds is 7. The van der Waals surface area contributed by atoms with Crippen molar-refractivity contribution in [3.05, 3.63) is 29.9 Å². The summed E-state index contributed by atoms with van der Waals surface area (Å²) in [5, 5.41) is 7.96. The summed E-state index contributed by atoms with van der Waals surface area (Å²) in [4.78, 5) is 0. The standard InChI is InChI=1S/C13H22N2.BrH/c1-2-3-4-5-6-7-10-15-11-8-13(14)9-12-15;/h8-9,11-12,14H,2-7,10H2,1H3;1H/p-1. The number of aryl methyl sites for hydroxylation is 1. The molecular weight excluding hydrogens is 264 g/mol. The van der Waals surface area contributed by atoms with Crippen LogP contribution in [0.25, 0.3) is 0 Å². The Morgan fingerprint density at radius 3 is 2.19 bits per heavy atom. The van der Waals surface area contributed by atoms with Crippen molar-refractivity contribution in [3.63, 3.8) is 0 Å². The molecule has 0 aliphatic carbocycles. The maximum Gasteiger partial charge on any atom is 0.0568 e. The van der Waals surface area contributed by atoms with Gasteiger partial charge in [0.2, 0.25) is 0 Å². The minimum atomic E-state index is 0. The van der Waals surface area contributed by atoms with Gasteiger partial charge in [-0.2, -0.15) is 0 Å². The van der Waals surface area contributed by atoms with Crippen molar-refractivity contribution in [2.45, 2.75) is 52.0 Å². The van der Waals surface area contributed by atoms with Crippen LogP contribution in [-0.2, 0) is 6.54 Å². The van der Waals surface area contributed by atoms with Gasteiger partial charge < -0.3 is 27.0 Å². The highest BCUT2D eigenvalue weighted by Crippen LogP contribution is 2.05. The van der Waals surface area contributed by atoms with Crippen molar-refractivity contribution in [2.75, 3.05) is 0 Å². The predicted molar refractivity (Wildman–Crippen MR) is 63.7 cm³/mol. The third kappa shape index (κ3) is 6.83.